The fraction of sp³-hybridized carbons (Fsp3) is 0.579. The van der Waals surface area contributed by atoms with E-state index in [-0.39, 0.29) is 23.6 Å². The van der Waals surface area contributed by atoms with E-state index in [2.05, 4.69) is 10.3 Å². The predicted molar refractivity (Wildman–Crippen MR) is 107 cm³/mol. The highest BCUT2D eigenvalue weighted by molar-refractivity contribution is 6.28. The molecule has 150 valence electrons. The van der Waals surface area contributed by atoms with Crippen molar-refractivity contribution in [2.45, 2.75) is 39.2 Å². The molecule has 1 aliphatic heterocycles. The van der Waals surface area contributed by atoms with Crippen LogP contribution in [0.2, 0.25) is 0 Å². The number of para-hydroxylation sites is 1. The summed E-state index contributed by atoms with van der Waals surface area (Å²) in [5.74, 6) is 0.255. The molecule has 0 saturated carbocycles. The number of benzene rings is 1. The van der Waals surface area contributed by atoms with E-state index in [1.165, 1.54) is 6.07 Å². The smallest absolute Gasteiger partial charge is 0.410 e. The monoisotopic (exact) mass is 398 g/mol. The van der Waals surface area contributed by atoms with Crippen molar-refractivity contribution in [3.05, 3.63) is 24.0 Å². The van der Waals surface area contributed by atoms with Crippen molar-refractivity contribution in [2.75, 3.05) is 30.8 Å². The van der Waals surface area contributed by atoms with Crippen LogP contribution in [-0.4, -0.2) is 47.9 Å². The fourth-order valence-corrected chi connectivity index (χ4v) is 2.92. The molecule has 0 aliphatic carbocycles. The summed E-state index contributed by atoms with van der Waals surface area (Å²) in [4.78, 5) is 18.0. The number of carbonyl (C=O) groups excluding carboxylic acids is 1. The third kappa shape index (κ3) is 6.57. The Labute approximate surface area is 164 Å². The van der Waals surface area contributed by atoms with Crippen molar-refractivity contribution in [3.63, 3.8) is 0 Å². The lowest BCUT2D eigenvalue weighted by Crippen LogP contribution is -2.42. The lowest BCUT2D eigenvalue weighted by atomic mass is 9.97. The van der Waals surface area contributed by atoms with Crippen molar-refractivity contribution < 1.29 is 13.9 Å². The van der Waals surface area contributed by atoms with Crippen LogP contribution in [0.5, 0.6) is 0 Å². The van der Waals surface area contributed by atoms with Gasteiger partial charge in [0.2, 0.25) is 0 Å². The Hall–Kier alpha value is -2.02. The van der Waals surface area contributed by atoms with Gasteiger partial charge < -0.3 is 20.7 Å². The molecule has 0 bridgehead atoms. The first-order valence-corrected chi connectivity index (χ1v) is 9.62. The van der Waals surface area contributed by atoms with Gasteiger partial charge in [-0.25, -0.2) is 14.2 Å². The zero-order chi connectivity index (χ0) is 20.0. The molecular weight excluding hydrogens is 371 g/mol. The second-order valence-electron chi connectivity index (χ2n) is 7.66. The number of amides is 1. The number of anilines is 1. The maximum absolute atomic E-state index is 14.2. The minimum atomic E-state index is -0.498. The SMILES string of the molecule is CC(C)(C)OC(=O)N1CCC(CNc2c(F)cccc2N=C(N)CCl)CC1. The second-order valence-corrected chi connectivity index (χ2v) is 7.93. The van der Waals surface area contributed by atoms with E-state index in [9.17, 15) is 9.18 Å². The molecule has 1 heterocycles. The predicted octanol–water partition coefficient (Wildman–Crippen LogP) is 4.11. The van der Waals surface area contributed by atoms with Gasteiger partial charge in [-0.2, -0.15) is 0 Å². The number of hydrogen-bond donors (Lipinski definition) is 2. The van der Waals surface area contributed by atoms with Gasteiger partial charge in [-0.15, -0.1) is 11.6 Å². The molecule has 0 unspecified atom stereocenters. The Morgan fingerprint density at radius 2 is 2.07 bits per heavy atom. The Morgan fingerprint density at radius 1 is 1.41 bits per heavy atom. The number of carbonyl (C=O) groups is 1. The average molecular weight is 399 g/mol. The molecule has 27 heavy (non-hydrogen) atoms. The number of hydrogen-bond acceptors (Lipinski definition) is 4. The fourth-order valence-electron chi connectivity index (χ4n) is 2.86. The number of halogens is 2. The van der Waals surface area contributed by atoms with Crippen molar-refractivity contribution in [1.82, 2.24) is 4.90 Å². The van der Waals surface area contributed by atoms with Gasteiger partial charge in [0.05, 0.1) is 17.3 Å². The summed E-state index contributed by atoms with van der Waals surface area (Å²) >= 11 is 5.66. The molecule has 1 saturated heterocycles. The molecule has 1 fully saturated rings. The Kier molecular flexibility index (Phi) is 7.30. The number of likely N-dealkylation sites (tertiary alicyclic amines) is 1. The molecule has 1 aromatic rings. The first-order chi connectivity index (χ1) is 12.7. The van der Waals surface area contributed by atoms with Crippen LogP contribution in [0.4, 0.5) is 20.6 Å². The summed E-state index contributed by atoms with van der Waals surface area (Å²) in [6, 6.07) is 4.65. The number of amidine groups is 1. The molecule has 0 atom stereocenters. The number of nitrogens with one attached hydrogen (secondary N) is 1. The van der Waals surface area contributed by atoms with Gasteiger partial charge in [0.1, 0.15) is 17.3 Å². The van der Waals surface area contributed by atoms with E-state index in [0.717, 1.165) is 12.8 Å². The van der Waals surface area contributed by atoms with E-state index in [1.807, 2.05) is 20.8 Å². The summed E-state index contributed by atoms with van der Waals surface area (Å²) in [6.07, 6.45) is 1.36. The normalized spacial score (nSPS) is 16.3. The van der Waals surface area contributed by atoms with E-state index in [1.54, 1.807) is 17.0 Å². The van der Waals surface area contributed by atoms with Crippen LogP contribution in [0.15, 0.2) is 23.2 Å². The van der Waals surface area contributed by atoms with Crippen LogP contribution in [0.25, 0.3) is 0 Å². The minimum Gasteiger partial charge on any atom is -0.444 e. The van der Waals surface area contributed by atoms with Crippen molar-refractivity contribution >= 4 is 34.9 Å². The third-order valence-corrected chi connectivity index (χ3v) is 4.50. The van der Waals surface area contributed by atoms with Gasteiger partial charge in [0.25, 0.3) is 0 Å². The van der Waals surface area contributed by atoms with Gasteiger partial charge in [-0.3, -0.25) is 0 Å². The molecule has 1 aliphatic rings. The number of rotatable bonds is 5. The minimum absolute atomic E-state index is 0.0824. The van der Waals surface area contributed by atoms with Gasteiger partial charge in [-0.05, 0) is 51.7 Å². The molecular formula is C19H28ClFN4O2. The van der Waals surface area contributed by atoms with Gasteiger partial charge in [0, 0.05) is 19.6 Å². The average Bonchev–Trinajstić information content (AvgIpc) is 2.60. The molecule has 0 spiro atoms. The number of nitrogens with two attached hydrogens (primary N) is 1. The molecule has 0 aromatic heterocycles. The summed E-state index contributed by atoms with van der Waals surface area (Å²) in [5.41, 5.74) is 5.92. The summed E-state index contributed by atoms with van der Waals surface area (Å²) in [5, 5.41) is 3.15. The van der Waals surface area contributed by atoms with Crippen LogP contribution >= 0.6 is 11.6 Å². The maximum atomic E-state index is 14.2. The number of alkyl halides is 1. The van der Waals surface area contributed by atoms with Crippen LogP contribution in [0, 0.1) is 11.7 Å². The van der Waals surface area contributed by atoms with E-state index in [0.29, 0.717) is 36.9 Å². The Balaban J connectivity index is 1.91. The molecule has 0 radical (unpaired) electrons. The summed E-state index contributed by atoms with van der Waals surface area (Å²) in [6.45, 7) is 7.41. The number of aliphatic imine (C=N–C) groups is 1. The standard InChI is InChI=1S/C19H28ClFN4O2/c1-19(2,3)27-18(26)25-9-7-13(8-10-25)12-23-17-14(21)5-4-6-15(17)24-16(22)11-20/h4-6,13,23H,7-12H2,1-3H3,(H2,22,24). The van der Waals surface area contributed by atoms with E-state index >= 15 is 0 Å². The Morgan fingerprint density at radius 3 is 2.67 bits per heavy atom. The van der Waals surface area contributed by atoms with Gasteiger partial charge in [0.15, 0.2) is 0 Å². The molecule has 1 amide bonds. The first-order valence-electron chi connectivity index (χ1n) is 9.09. The summed E-state index contributed by atoms with van der Waals surface area (Å²) in [7, 11) is 0. The summed E-state index contributed by atoms with van der Waals surface area (Å²) < 4.78 is 19.6. The molecule has 1 aromatic carbocycles. The lowest BCUT2D eigenvalue weighted by molar-refractivity contribution is 0.0188. The molecule has 6 nitrogen and oxygen atoms in total. The maximum Gasteiger partial charge on any atom is 0.410 e. The molecule has 2 rings (SSSR count). The van der Waals surface area contributed by atoms with Crippen LogP contribution < -0.4 is 11.1 Å². The quantitative estimate of drug-likeness (QED) is 0.444. The number of piperidine rings is 1. The highest BCUT2D eigenvalue weighted by Crippen LogP contribution is 2.29. The van der Waals surface area contributed by atoms with Crippen molar-refractivity contribution in [1.29, 1.82) is 0 Å². The van der Waals surface area contributed by atoms with E-state index in [4.69, 9.17) is 22.1 Å². The largest absolute Gasteiger partial charge is 0.444 e. The van der Waals surface area contributed by atoms with Crippen molar-refractivity contribution in [2.24, 2.45) is 16.6 Å². The topological polar surface area (TPSA) is 80.0 Å². The third-order valence-electron chi connectivity index (χ3n) is 4.23. The van der Waals surface area contributed by atoms with Crippen molar-refractivity contribution in [3.8, 4) is 0 Å². The Bertz CT molecular complexity index is 683. The highest BCUT2D eigenvalue weighted by atomic mass is 35.5. The van der Waals surface area contributed by atoms with Crippen LogP contribution in [0.3, 0.4) is 0 Å². The van der Waals surface area contributed by atoms with Gasteiger partial charge in [-0.1, -0.05) is 6.07 Å². The first kappa shape index (κ1) is 21.3. The van der Waals surface area contributed by atoms with Gasteiger partial charge >= 0.3 is 6.09 Å². The molecule has 8 heteroatoms. The zero-order valence-electron chi connectivity index (χ0n) is 16.1. The van der Waals surface area contributed by atoms with Crippen LogP contribution in [0.1, 0.15) is 33.6 Å². The van der Waals surface area contributed by atoms with Crippen LogP contribution in [-0.2, 0) is 4.74 Å². The molecule has 3 N–H and O–H groups in total. The van der Waals surface area contributed by atoms with E-state index < -0.39 is 5.60 Å². The second kappa shape index (κ2) is 9.26. The number of ether oxygens (including phenoxy) is 1. The zero-order valence-corrected chi connectivity index (χ0v) is 16.9. The number of nitrogens with zero attached hydrogens (tertiary/aromatic N) is 2. The highest BCUT2D eigenvalue weighted by Gasteiger charge is 2.27. The lowest BCUT2D eigenvalue weighted by Gasteiger charge is -2.33.